The second-order valence-electron chi connectivity index (χ2n) is 3.13. The minimum absolute atomic E-state index is 0.527. The first-order valence-corrected chi connectivity index (χ1v) is 5.17. The van der Waals surface area contributed by atoms with Crippen molar-refractivity contribution in [3.63, 3.8) is 0 Å². The Morgan fingerprint density at radius 1 is 1.00 bits per heavy atom. The molecule has 0 spiro atoms. The highest BCUT2D eigenvalue weighted by atomic mass is 14.0. The first-order valence-electron chi connectivity index (χ1n) is 5.17. The second kappa shape index (κ2) is 10.6. The van der Waals surface area contributed by atoms with Crippen LogP contribution in [0.3, 0.4) is 0 Å². The highest BCUT2D eigenvalue weighted by Crippen LogP contribution is 2.02. The molecule has 0 aliphatic carbocycles. The van der Waals surface area contributed by atoms with E-state index in [0.29, 0.717) is 11.8 Å². The summed E-state index contributed by atoms with van der Waals surface area (Å²) in [6, 6.07) is 0. The van der Waals surface area contributed by atoms with Crippen molar-refractivity contribution in [2.45, 2.75) is 54.4 Å². The van der Waals surface area contributed by atoms with Gasteiger partial charge in [0, 0.05) is 11.8 Å². The predicted octanol–water partition coefficient (Wildman–Crippen LogP) is 4.11. The van der Waals surface area contributed by atoms with E-state index in [2.05, 4.69) is 39.5 Å². The van der Waals surface area contributed by atoms with Gasteiger partial charge in [0.25, 0.3) is 0 Å². The fourth-order valence-electron chi connectivity index (χ4n) is 0.814. The van der Waals surface area contributed by atoms with Crippen LogP contribution in [-0.2, 0) is 0 Å². The molecule has 0 rings (SSSR count). The van der Waals surface area contributed by atoms with Gasteiger partial charge in [-0.25, -0.2) is 0 Å². The van der Waals surface area contributed by atoms with Gasteiger partial charge >= 0.3 is 0 Å². The molecular formula is C12H24. The third-order valence-electron chi connectivity index (χ3n) is 1.34. The van der Waals surface area contributed by atoms with Crippen LogP contribution in [0, 0.1) is 23.7 Å². The Labute approximate surface area is 78.8 Å². The van der Waals surface area contributed by atoms with Crippen molar-refractivity contribution in [1.82, 2.24) is 0 Å². The maximum absolute atomic E-state index is 3.23. The molecule has 0 aliphatic rings. The van der Waals surface area contributed by atoms with Crippen LogP contribution in [0.4, 0.5) is 0 Å². The zero-order valence-electron chi connectivity index (χ0n) is 9.57. The Balaban J connectivity index is 0. The first kappa shape index (κ1) is 14.1. The summed E-state index contributed by atoms with van der Waals surface area (Å²) in [5, 5.41) is 0. The van der Waals surface area contributed by atoms with Gasteiger partial charge in [0.1, 0.15) is 0 Å². The summed E-state index contributed by atoms with van der Waals surface area (Å²) in [6.45, 7) is 12.7. The number of hydrogen-bond acceptors (Lipinski definition) is 0. The predicted molar refractivity (Wildman–Crippen MR) is 58.0 cm³/mol. The molecule has 0 fully saturated rings. The molecule has 0 saturated carbocycles. The molecule has 1 unspecified atom stereocenters. The molecule has 0 aliphatic heterocycles. The summed E-state index contributed by atoms with van der Waals surface area (Å²) < 4.78 is 0. The SMILES string of the molecule is CC.CCCC(C)C#CC(C)C. The Kier molecular flexibility index (Phi) is 12.4. The van der Waals surface area contributed by atoms with Gasteiger partial charge in [-0.05, 0) is 6.42 Å². The van der Waals surface area contributed by atoms with Gasteiger partial charge in [0.15, 0.2) is 0 Å². The van der Waals surface area contributed by atoms with Crippen LogP contribution in [0.1, 0.15) is 54.4 Å². The van der Waals surface area contributed by atoms with Gasteiger partial charge in [-0.15, -0.1) is 5.92 Å². The normalized spacial score (nSPS) is 10.9. The molecule has 0 nitrogen and oxygen atoms in total. The summed E-state index contributed by atoms with van der Waals surface area (Å²) in [7, 11) is 0. The topological polar surface area (TPSA) is 0 Å². The van der Waals surface area contributed by atoms with E-state index in [-0.39, 0.29) is 0 Å². The molecular weight excluding hydrogens is 144 g/mol. The molecule has 0 bridgehead atoms. The lowest BCUT2D eigenvalue weighted by molar-refractivity contribution is 0.651. The van der Waals surface area contributed by atoms with Crippen LogP contribution < -0.4 is 0 Å². The summed E-state index contributed by atoms with van der Waals surface area (Å²) >= 11 is 0. The lowest BCUT2D eigenvalue weighted by Crippen LogP contribution is -1.89. The minimum Gasteiger partial charge on any atom is -0.100 e. The van der Waals surface area contributed by atoms with Crippen LogP contribution >= 0.6 is 0 Å². The number of hydrogen-bond donors (Lipinski definition) is 0. The molecule has 72 valence electrons. The minimum atomic E-state index is 0.527. The summed E-state index contributed by atoms with van der Waals surface area (Å²) in [6.07, 6.45) is 2.48. The van der Waals surface area contributed by atoms with Crippen LogP contribution in [0.25, 0.3) is 0 Å². The summed E-state index contributed by atoms with van der Waals surface area (Å²) in [5.41, 5.74) is 0. The van der Waals surface area contributed by atoms with Gasteiger partial charge < -0.3 is 0 Å². The van der Waals surface area contributed by atoms with Crippen molar-refractivity contribution < 1.29 is 0 Å². The van der Waals surface area contributed by atoms with Crippen molar-refractivity contribution in [2.75, 3.05) is 0 Å². The van der Waals surface area contributed by atoms with E-state index in [1.54, 1.807) is 0 Å². The van der Waals surface area contributed by atoms with E-state index in [1.807, 2.05) is 13.8 Å². The molecule has 0 saturated heterocycles. The first-order chi connectivity index (χ1) is 5.66. The number of rotatable bonds is 2. The van der Waals surface area contributed by atoms with Crippen LogP contribution in [0.15, 0.2) is 0 Å². The van der Waals surface area contributed by atoms with Gasteiger partial charge in [0.2, 0.25) is 0 Å². The van der Waals surface area contributed by atoms with Gasteiger partial charge in [-0.2, -0.15) is 0 Å². The smallest absolute Gasteiger partial charge is 0.0174 e. The van der Waals surface area contributed by atoms with Crippen molar-refractivity contribution in [2.24, 2.45) is 11.8 Å². The van der Waals surface area contributed by atoms with Gasteiger partial charge in [0.05, 0.1) is 0 Å². The monoisotopic (exact) mass is 168 g/mol. The fraction of sp³-hybridized carbons (Fsp3) is 0.833. The lowest BCUT2D eigenvalue weighted by atomic mass is 10.1. The highest BCUT2D eigenvalue weighted by Gasteiger charge is 1.92. The largest absolute Gasteiger partial charge is 0.100 e. The average Bonchev–Trinajstić information content (AvgIpc) is 2.05. The third kappa shape index (κ3) is 12.3. The molecule has 0 radical (unpaired) electrons. The van der Waals surface area contributed by atoms with Crippen LogP contribution in [0.2, 0.25) is 0 Å². The van der Waals surface area contributed by atoms with Crippen molar-refractivity contribution in [3.05, 3.63) is 0 Å². The summed E-state index contributed by atoms with van der Waals surface area (Å²) in [4.78, 5) is 0. The van der Waals surface area contributed by atoms with Crippen molar-refractivity contribution in [1.29, 1.82) is 0 Å². The van der Waals surface area contributed by atoms with E-state index >= 15 is 0 Å². The maximum Gasteiger partial charge on any atom is 0.0174 e. The van der Waals surface area contributed by atoms with E-state index in [1.165, 1.54) is 12.8 Å². The lowest BCUT2D eigenvalue weighted by Gasteiger charge is -1.98. The second-order valence-corrected chi connectivity index (χ2v) is 3.13. The fourth-order valence-corrected chi connectivity index (χ4v) is 0.814. The zero-order chi connectivity index (χ0) is 9.98. The highest BCUT2D eigenvalue weighted by molar-refractivity contribution is 5.04. The maximum atomic E-state index is 3.23. The molecule has 0 amide bonds. The Hall–Kier alpha value is -0.440. The Morgan fingerprint density at radius 2 is 1.50 bits per heavy atom. The molecule has 1 atom stereocenters. The van der Waals surface area contributed by atoms with E-state index in [4.69, 9.17) is 0 Å². The molecule has 0 heteroatoms. The molecule has 12 heavy (non-hydrogen) atoms. The third-order valence-corrected chi connectivity index (χ3v) is 1.34. The van der Waals surface area contributed by atoms with Gasteiger partial charge in [-0.1, -0.05) is 53.9 Å². The van der Waals surface area contributed by atoms with Crippen molar-refractivity contribution >= 4 is 0 Å². The average molecular weight is 168 g/mol. The standard InChI is InChI=1S/C10H18.C2H6/c1-5-6-10(4)8-7-9(2)3;1-2/h9-10H,5-6H2,1-4H3;1-2H3. The zero-order valence-corrected chi connectivity index (χ0v) is 9.57. The van der Waals surface area contributed by atoms with E-state index in [9.17, 15) is 0 Å². The van der Waals surface area contributed by atoms with Gasteiger partial charge in [-0.3, -0.25) is 0 Å². The molecule has 0 aromatic heterocycles. The molecule has 0 heterocycles. The van der Waals surface area contributed by atoms with Crippen LogP contribution in [-0.4, -0.2) is 0 Å². The van der Waals surface area contributed by atoms with E-state index in [0.717, 1.165) is 0 Å². The molecule has 0 N–H and O–H groups in total. The summed E-state index contributed by atoms with van der Waals surface area (Å²) in [5.74, 6) is 7.53. The Morgan fingerprint density at radius 3 is 1.83 bits per heavy atom. The van der Waals surface area contributed by atoms with E-state index < -0.39 is 0 Å². The van der Waals surface area contributed by atoms with Crippen molar-refractivity contribution in [3.8, 4) is 11.8 Å². The van der Waals surface area contributed by atoms with Crippen LogP contribution in [0.5, 0.6) is 0 Å². The molecule has 0 aromatic carbocycles. The Bertz CT molecular complexity index is 123. The quantitative estimate of drug-likeness (QED) is 0.544. The molecule has 0 aromatic rings.